The van der Waals surface area contributed by atoms with Gasteiger partial charge in [-0.15, -0.1) is 0 Å². The number of carbonyl (C=O) groups excluding carboxylic acids is 1. The monoisotopic (exact) mass is 371 g/mol. The number of hydrogen-bond acceptors (Lipinski definition) is 4. The molecule has 3 rings (SSSR count). The molecule has 0 saturated carbocycles. The van der Waals surface area contributed by atoms with Crippen LogP contribution in [-0.4, -0.2) is 27.5 Å². The maximum absolute atomic E-state index is 13.1. The Labute approximate surface area is 154 Å². The van der Waals surface area contributed by atoms with Gasteiger partial charge in [0.2, 0.25) is 0 Å². The van der Waals surface area contributed by atoms with E-state index in [9.17, 15) is 13.2 Å². The second-order valence-electron chi connectivity index (χ2n) is 6.08. The summed E-state index contributed by atoms with van der Waals surface area (Å²) in [6.45, 7) is 4.18. The number of nitrogens with zero attached hydrogens (tertiary/aromatic N) is 1. The molecule has 0 bridgehead atoms. The summed E-state index contributed by atoms with van der Waals surface area (Å²) in [5.74, 6) is -0.316. The summed E-state index contributed by atoms with van der Waals surface area (Å²) in [6.07, 6.45) is 1.91. The van der Waals surface area contributed by atoms with Crippen molar-refractivity contribution in [3.05, 3.63) is 65.7 Å². The summed E-state index contributed by atoms with van der Waals surface area (Å²) in [6, 6.07) is 14.0. The average Bonchev–Trinajstić information content (AvgIpc) is 2.62. The summed E-state index contributed by atoms with van der Waals surface area (Å²) in [7, 11) is -3.68. The van der Waals surface area contributed by atoms with Gasteiger partial charge in [0.25, 0.3) is 10.0 Å². The molecule has 0 fully saturated rings. The highest BCUT2D eigenvalue weighted by Gasteiger charge is 2.29. The van der Waals surface area contributed by atoms with Gasteiger partial charge in [0, 0.05) is 5.56 Å². The Morgan fingerprint density at radius 2 is 1.81 bits per heavy atom. The molecule has 2 aromatic rings. The molecule has 2 aromatic carbocycles. The number of ether oxygens (including phenoxy) is 1. The van der Waals surface area contributed by atoms with Crippen LogP contribution in [0.2, 0.25) is 0 Å². The van der Waals surface area contributed by atoms with Crippen molar-refractivity contribution < 1.29 is 17.9 Å². The lowest BCUT2D eigenvalue weighted by atomic mass is 9.98. The third kappa shape index (κ3) is 3.51. The fourth-order valence-corrected chi connectivity index (χ4v) is 4.39. The van der Waals surface area contributed by atoms with Gasteiger partial charge in [-0.05, 0) is 37.6 Å². The van der Waals surface area contributed by atoms with E-state index < -0.39 is 10.0 Å². The largest absolute Gasteiger partial charge is 0.466 e. The van der Waals surface area contributed by atoms with Crippen molar-refractivity contribution in [2.75, 3.05) is 17.5 Å². The van der Waals surface area contributed by atoms with Gasteiger partial charge in [0.1, 0.15) is 0 Å². The van der Waals surface area contributed by atoms with Crippen LogP contribution in [0.25, 0.3) is 5.57 Å². The Morgan fingerprint density at radius 1 is 1.12 bits per heavy atom. The van der Waals surface area contributed by atoms with Crippen molar-refractivity contribution in [2.24, 2.45) is 0 Å². The predicted octanol–water partition coefficient (Wildman–Crippen LogP) is 3.54. The molecule has 0 unspecified atom stereocenters. The van der Waals surface area contributed by atoms with Crippen LogP contribution in [0.3, 0.4) is 0 Å². The maximum Gasteiger partial charge on any atom is 0.310 e. The molecule has 1 aliphatic heterocycles. The number of para-hydroxylation sites is 1. The number of esters is 1. The molecule has 26 heavy (non-hydrogen) atoms. The SMILES string of the molecule is CCOC(=O)CC1=CCN(S(=O)(=O)c2ccc(C)cc2)c2ccccc21. The Morgan fingerprint density at radius 3 is 2.50 bits per heavy atom. The first-order valence-corrected chi connectivity index (χ1v) is 9.91. The number of sulfonamides is 1. The Kier molecular flexibility index (Phi) is 5.13. The van der Waals surface area contributed by atoms with Crippen LogP contribution in [0.4, 0.5) is 5.69 Å². The first-order chi connectivity index (χ1) is 12.4. The van der Waals surface area contributed by atoms with Crippen molar-refractivity contribution in [3.63, 3.8) is 0 Å². The van der Waals surface area contributed by atoms with E-state index >= 15 is 0 Å². The number of hydrogen-bond donors (Lipinski definition) is 0. The minimum absolute atomic E-state index is 0.128. The molecule has 1 aliphatic rings. The highest BCUT2D eigenvalue weighted by atomic mass is 32.2. The second kappa shape index (κ2) is 7.33. The van der Waals surface area contributed by atoms with Crippen molar-refractivity contribution in [2.45, 2.75) is 25.2 Å². The predicted molar refractivity (Wildman–Crippen MR) is 101 cm³/mol. The minimum atomic E-state index is -3.68. The molecular formula is C20H21NO4S. The number of rotatable bonds is 5. The number of aryl methyl sites for hydroxylation is 1. The van der Waals surface area contributed by atoms with E-state index in [0.717, 1.165) is 16.7 Å². The van der Waals surface area contributed by atoms with Gasteiger partial charge >= 0.3 is 5.97 Å². The van der Waals surface area contributed by atoms with Crippen molar-refractivity contribution in [3.8, 4) is 0 Å². The number of fused-ring (bicyclic) bond motifs is 1. The Balaban J connectivity index is 1.98. The molecule has 0 saturated heterocycles. The highest BCUT2D eigenvalue weighted by molar-refractivity contribution is 7.92. The Hall–Kier alpha value is -2.60. The van der Waals surface area contributed by atoms with Gasteiger partial charge in [-0.1, -0.05) is 42.0 Å². The first kappa shape index (κ1) is 18.2. The zero-order valence-corrected chi connectivity index (χ0v) is 15.6. The van der Waals surface area contributed by atoms with E-state index in [1.54, 1.807) is 49.4 Å². The van der Waals surface area contributed by atoms with E-state index in [4.69, 9.17) is 4.74 Å². The summed E-state index contributed by atoms with van der Waals surface area (Å²) < 4.78 is 32.6. The smallest absolute Gasteiger partial charge is 0.310 e. The molecule has 6 heteroatoms. The van der Waals surface area contributed by atoms with Crippen LogP contribution in [-0.2, 0) is 19.6 Å². The van der Waals surface area contributed by atoms with Gasteiger partial charge in [-0.25, -0.2) is 8.42 Å². The maximum atomic E-state index is 13.1. The topological polar surface area (TPSA) is 63.7 Å². The molecule has 0 atom stereocenters. The van der Waals surface area contributed by atoms with Crippen LogP contribution in [0, 0.1) is 6.92 Å². The van der Waals surface area contributed by atoms with Crippen molar-refractivity contribution >= 4 is 27.3 Å². The molecule has 0 aliphatic carbocycles. The average molecular weight is 371 g/mol. The second-order valence-corrected chi connectivity index (χ2v) is 7.94. The van der Waals surface area contributed by atoms with Gasteiger partial charge in [-0.3, -0.25) is 9.10 Å². The lowest BCUT2D eigenvalue weighted by molar-refractivity contribution is -0.141. The van der Waals surface area contributed by atoms with Crippen LogP contribution in [0.15, 0.2) is 59.5 Å². The summed E-state index contributed by atoms with van der Waals surface area (Å²) in [5.41, 5.74) is 3.10. The Bertz CT molecular complexity index is 946. The fourth-order valence-electron chi connectivity index (χ4n) is 2.96. The molecule has 0 spiro atoms. The molecule has 136 valence electrons. The molecule has 0 aromatic heterocycles. The van der Waals surface area contributed by atoms with E-state index in [1.807, 2.05) is 19.1 Å². The normalized spacial score (nSPS) is 13.8. The zero-order valence-electron chi connectivity index (χ0n) is 14.8. The van der Waals surface area contributed by atoms with E-state index in [1.165, 1.54) is 4.31 Å². The van der Waals surface area contributed by atoms with E-state index in [0.29, 0.717) is 12.3 Å². The van der Waals surface area contributed by atoms with E-state index in [-0.39, 0.29) is 23.8 Å². The minimum Gasteiger partial charge on any atom is -0.466 e. The molecule has 0 N–H and O–H groups in total. The molecule has 0 amide bonds. The van der Waals surface area contributed by atoms with Crippen LogP contribution in [0.5, 0.6) is 0 Å². The lowest BCUT2D eigenvalue weighted by Gasteiger charge is -2.30. The summed E-state index contributed by atoms with van der Waals surface area (Å²) >= 11 is 0. The van der Waals surface area contributed by atoms with Crippen LogP contribution >= 0.6 is 0 Å². The number of carbonyl (C=O) groups is 1. The zero-order chi connectivity index (χ0) is 18.7. The quantitative estimate of drug-likeness (QED) is 0.754. The lowest BCUT2D eigenvalue weighted by Crippen LogP contribution is -2.34. The summed E-state index contributed by atoms with van der Waals surface area (Å²) in [4.78, 5) is 12.1. The summed E-state index contributed by atoms with van der Waals surface area (Å²) in [5, 5.41) is 0. The van der Waals surface area contributed by atoms with Gasteiger partial charge in [-0.2, -0.15) is 0 Å². The molecule has 1 heterocycles. The number of anilines is 1. The van der Waals surface area contributed by atoms with Gasteiger partial charge < -0.3 is 4.74 Å². The third-order valence-corrected chi connectivity index (χ3v) is 6.07. The number of benzene rings is 2. The van der Waals surface area contributed by atoms with Crippen LogP contribution < -0.4 is 4.31 Å². The standard InChI is InChI=1S/C20H21NO4S/c1-3-25-20(22)14-16-12-13-21(19-7-5-4-6-18(16)19)26(23,24)17-10-8-15(2)9-11-17/h4-12H,3,13-14H2,1-2H3. The molecular weight excluding hydrogens is 350 g/mol. The van der Waals surface area contributed by atoms with E-state index in [2.05, 4.69) is 0 Å². The third-order valence-electron chi connectivity index (χ3n) is 4.27. The molecule has 0 radical (unpaired) electrons. The van der Waals surface area contributed by atoms with Crippen molar-refractivity contribution in [1.29, 1.82) is 0 Å². The fraction of sp³-hybridized carbons (Fsp3) is 0.250. The van der Waals surface area contributed by atoms with Gasteiger partial charge in [0.15, 0.2) is 0 Å². The van der Waals surface area contributed by atoms with Gasteiger partial charge in [0.05, 0.1) is 30.2 Å². The first-order valence-electron chi connectivity index (χ1n) is 8.47. The van der Waals surface area contributed by atoms with Crippen molar-refractivity contribution in [1.82, 2.24) is 0 Å². The van der Waals surface area contributed by atoms with Crippen LogP contribution in [0.1, 0.15) is 24.5 Å². The molecule has 5 nitrogen and oxygen atoms in total. The highest BCUT2D eigenvalue weighted by Crippen LogP contribution is 2.36.